The Hall–Kier alpha value is -1.85. The number of carboxylic acids is 1. The van der Waals surface area contributed by atoms with Crippen LogP contribution in [0.4, 0.5) is 0 Å². The molecule has 1 fully saturated rings. The van der Waals surface area contributed by atoms with E-state index in [9.17, 15) is 9.59 Å². The minimum absolute atomic E-state index is 0.108. The number of hydrogen-bond donors (Lipinski definition) is 1. The van der Waals surface area contributed by atoms with Crippen molar-refractivity contribution in [1.82, 2.24) is 14.7 Å². The lowest BCUT2D eigenvalue weighted by Crippen LogP contribution is -2.49. The van der Waals surface area contributed by atoms with Gasteiger partial charge in [0.25, 0.3) is 0 Å². The molecule has 92 valence electrons. The molecule has 1 saturated heterocycles. The van der Waals surface area contributed by atoms with E-state index in [1.54, 1.807) is 18.5 Å². The summed E-state index contributed by atoms with van der Waals surface area (Å²) in [7, 11) is 0. The maximum Gasteiger partial charge on any atom is 0.326 e. The molecule has 1 amide bonds. The van der Waals surface area contributed by atoms with E-state index in [1.807, 2.05) is 0 Å². The Morgan fingerprint density at radius 1 is 1.41 bits per heavy atom. The van der Waals surface area contributed by atoms with E-state index in [1.165, 1.54) is 9.58 Å². The first-order valence-corrected chi connectivity index (χ1v) is 5.68. The predicted molar refractivity (Wildman–Crippen MR) is 59.2 cm³/mol. The molecule has 6 nitrogen and oxygen atoms in total. The van der Waals surface area contributed by atoms with Crippen molar-refractivity contribution in [2.45, 2.75) is 31.8 Å². The van der Waals surface area contributed by atoms with Gasteiger partial charge in [-0.15, -0.1) is 0 Å². The van der Waals surface area contributed by atoms with E-state index in [0.29, 0.717) is 13.0 Å². The van der Waals surface area contributed by atoms with E-state index in [0.717, 1.165) is 12.8 Å². The molecule has 17 heavy (non-hydrogen) atoms. The number of piperidine rings is 1. The van der Waals surface area contributed by atoms with Gasteiger partial charge in [-0.25, -0.2) is 4.79 Å². The predicted octanol–water partition coefficient (Wildman–Crippen LogP) is 0.349. The molecular formula is C11H15N3O3. The first-order valence-electron chi connectivity index (χ1n) is 5.68. The van der Waals surface area contributed by atoms with Crippen LogP contribution in [0.15, 0.2) is 18.5 Å². The van der Waals surface area contributed by atoms with Crippen LogP contribution in [-0.4, -0.2) is 44.3 Å². The quantitative estimate of drug-likeness (QED) is 0.823. The van der Waals surface area contributed by atoms with Crippen LogP contribution in [0, 0.1) is 0 Å². The molecule has 2 heterocycles. The maximum absolute atomic E-state index is 12.0. The van der Waals surface area contributed by atoms with Crippen molar-refractivity contribution >= 4 is 11.9 Å². The van der Waals surface area contributed by atoms with E-state index in [2.05, 4.69) is 5.10 Å². The topological polar surface area (TPSA) is 75.4 Å². The molecule has 0 saturated carbocycles. The van der Waals surface area contributed by atoms with Gasteiger partial charge in [-0.05, 0) is 25.3 Å². The Kier molecular flexibility index (Phi) is 3.41. The number of nitrogens with zero attached hydrogens (tertiary/aromatic N) is 3. The SMILES string of the molecule is O=C(O)[C@H]1CCCCN1C(=O)Cn1cccn1. The molecule has 0 aromatic carbocycles. The number of carbonyl (C=O) groups excluding carboxylic acids is 1. The van der Waals surface area contributed by atoms with Gasteiger partial charge in [-0.1, -0.05) is 0 Å². The second kappa shape index (κ2) is 4.99. The third kappa shape index (κ3) is 2.64. The summed E-state index contributed by atoms with van der Waals surface area (Å²) in [5.41, 5.74) is 0. The standard InChI is InChI=1S/C11H15N3O3/c15-10(8-13-6-3-5-12-13)14-7-2-1-4-9(14)11(16)17/h3,5-6,9H,1-2,4,7-8H2,(H,16,17)/t9-/m1/s1. The summed E-state index contributed by atoms with van der Waals surface area (Å²) in [6.45, 7) is 0.633. The molecular weight excluding hydrogens is 222 g/mol. The number of likely N-dealkylation sites (tertiary alicyclic amines) is 1. The summed E-state index contributed by atoms with van der Waals surface area (Å²) in [5.74, 6) is -1.10. The zero-order chi connectivity index (χ0) is 12.3. The van der Waals surface area contributed by atoms with Crippen molar-refractivity contribution < 1.29 is 14.7 Å². The molecule has 0 unspecified atom stereocenters. The lowest BCUT2D eigenvalue weighted by Gasteiger charge is -2.32. The lowest BCUT2D eigenvalue weighted by atomic mass is 10.0. The minimum atomic E-state index is -0.918. The average Bonchev–Trinajstić information content (AvgIpc) is 2.81. The van der Waals surface area contributed by atoms with Gasteiger partial charge in [0.05, 0.1) is 0 Å². The van der Waals surface area contributed by atoms with Gasteiger partial charge in [-0.2, -0.15) is 5.10 Å². The van der Waals surface area contributed by atoms with Gasteiger partial charge < -0.3 is 10.0 Å². The Balaban J connectivity index is 2.03. The number of aromatic nitrogens is 2. The van der Waals surface area contributed by atoms with Gasteiger partial charge in [-0.3, -0.25) is 9.48 Å². The average molecular weight is 237 g/mol. The lowest BCUT2D eigenvalue weighted by molar-refractivity contribution is -0.152. The molecule has 2 rings (SSSR count). The highest BCUT2D eigenvalue weighted by Gasteiger charge is 2.31. The third-order valence-electron chi connectivity index (χ3n) is 2.96. The summed E-state index contributed by atoms with van der Waals surface area (Å²) in [6, 6.07) is 1.06. The summed E-state index contributed by atoms with van der Waals surface area (Å²) >= 11 is 0. The number of rotatable bonds is 3. The fourth-order valence-corrected chi connectivity index (χ4v) is 2.11. The van der Waals surface area contributed by atoms with Crippen LogP contribution in [0.3, 0.4) is 0 Å². The number of carbonyl (C=O) groups is 2. The van der Waals surface area contributed by atoms with Gasteiger partial charge in [0, 0.05) is 18.9 Å². The van der Waals surface area contributed by atoms with Crippen LogP contribution in [0.2, 0.25) is 0 Å². The van der Waals surface area contributed by atoms with Crippen LogP contribution in [0.5, 0.6) is 0 Å². The fraction of sp³-hybridized carbons (Fsp3) is 0.545. The molecule has 0 radical (unpaired) electrons. The molecule has 0 spiro atoms. The molecule has 1 atom stereocenters. The molecule has 6 heteroatoms. The Bertz CT molecular complexity index is 402. The van der Waals surface area contributed by atoms with Crippen molar-refractivity contribution in [3.63, 3.8) is 0 Å². The molecule has 1 aliphatic heterocycles. The normalized spacial score (nSPS) is 20.2. The van der Waals surface area contributed by atoms with Gasteiger partial charge in [0.15, 0.2) is 0 Å². The molecule has 1 N–H and O–H groups in total. The molecule has 1 aliphatic rings. The van der Waals surface area contributed by atoms with E-state index in [-0.39, 0.29) is 12.5 Å². The monoisotopic (exact) mass is 237 g/mol. The van der Waals surface area contributed by atoms with Crippen molar-refractivity contribution in [3.8, 4) is 0 Å². The van der Waals surface area contributed by atoms with E-state index >= 15 is 0 Å². The van der Waals surface area contributed by atoms with E-state index < -0.39 is 12.0 Å². The highest BCUT2D eigenvalue weighted by atomic mass is 16.4. The smallest absolute Gasteiger partial charge is 0.326 e. The Morgan fingerprint density at radius 3 is 2.88 bits per heavy atom. The molecule has 1 aromatic rings. The minimum Gasteiger partial charge on any atom is -0.480 e. The summed E-state index contributed by atoms with van der Waals surface area (Å²) in [6.07, 6.45) is 5.56. The maximum atomic E-state index is 12.0. The van der Waals surface area contributed by atoms with Crippen LogP contribution in [-0.2, 0) is 16.1 Å². The highest BCUT2D eigenvalue weighted by Crippen LogP contribution is 2.17. The Morgan fingerprint density at radius 2 is 2.24 bits per heavy atom. The largest absolute Gasteiger partial charge is 0.480 e. The van der Waals surface area contributed by atoms with Gasteiger partial charge >= 0.3 is 5.97 Å². The van der Waals surface area contributed by atoms with Crippen molar-refractivity contribution in [2.75, 3.05) is 6.54 Å². The van der Waals surface area contributed by atoms with E-state index in [4.69, 9.17) is 5.11 Å². The van der Waals surface area contributed by atoms with Crippen LogP contribution in [0.1, 0.15) is 19.3 Å². The summed E-state index contributed by atoms with van der Waals surface area (Å²) < 4.78 is 1.51. The second-order valence-corrected chi connectivity index (χ2v) is 4.14. The zero-order valence-corrected chi connectivity index (χ0v) is 9.45. The van der Waals surface area contributed by atoms with Gasteiger partial charge in [0.2, 0.25) is 5.91 Å². The summed E-state index contributed by atoms with van der Waals surface area (Å²) in [4.78, 5) is 24.5. The molecule has 0 bridgehead atoms. The van der Waals surface area contributed by atoms with Crippen molar-refractivity contribution in [1.29, 1.82) is 0 Å². The van der Waals surface area contributed by atoms with Gasteiger partial charge in [0.1, 0.15) is 12.6 Å². The summed E-state index contributed by atoms with van der Waals surface area (Å²) in [5, 5.41) is 13.0. The van der Waals surface area contributed by atoms with Crippen molar-refractivity contribution in [3.05, 3.63) is 18.5 Å². The second-order valence-electron chi connectivity index (χ2n) is 4.14. The number of carboxylic acid groups (broad SMARTS) is 1. The fourth-order valence-electron chi connectivity index (χ4n) is 2.11. The molecule has 0 aliphatic carbocycles. The zero-order valence-electron chi connectivity index (χ0n) is 9.45. The number of aliphatic carboxylic acids is 1. The third-order valence-corrected chi connectivity index (χ3v) is 2.96. The molecule has 1 aromatic heterocycles. The first-order chi connectivity index (χ1) is 8.18. The number of amides is 1. The number of hydrogen-bond acceptors (Lipinski definition) is 3. The van der Waals surface area contributed by atoms with Crippen LogP contribution in [0.25, 0.3) is 0 Å². The first kappa shape index (κ1) is 11.6. The van der Waals surface area contributed by atoms with Crippen LogP contribution < -0.4 is 0 Å². The highest BCUT2D eigenvalue weighted by molar-refractivity contribution is 5.83. The Labute approximate surface area is 98.8 Å². The van der Waals surface area contributed by atoms with Crippen molar-refractivity contribution in [2.24, 2.45) is 0 Å². The van der Waals surface area contributed by atoms with Crippen LogP contribution >= 0.6 is 0 Å².